The van der Waals surface area contributed by atoms with Gasteiger partial charge in [0.15, 0.2) is 0 Å². The SMILES string of the molecule is CC(C)CCc1ccc(CCS)cc1. The van der Waals surface area contributed by atoms with Gasteiger partial charge in [0.05, 0.1) is 0 Å². The van der Waals surface area contributed by atoms with E-state index in [0.717, 1.165) is 18.1 Å². The molecular weight excluding hydrogens is 188 g/mol. The average molecular weight is 208 g/mol. The van der Waals surface area contributed by atoms with Crippen molar-refractivity contribution in [2.45, 2.75) is 33.1 Å². The van der Waals surface area contributed by atoms with Crippen LogP contribution in [-0.2, 0) is 12.8 Å². The van der Waals surface area contributed by atoms with Crippen LogP contribution in [0.4, 0.5) is 0 Å². The molecule has 0 unspecified atom stereocenters. The number of aryl methyl sites for hydroxylation is 2. The smallest absolute Gasteiger partial charge is 0.00574 e. The molecule has 1 aromatic rings. The van der Waals surface area contributed by atoms with Crippen molar-refractivity contribution in [3.63, 3.8) is 0 Å². The average Bonchev–Trinajstić information content (AvgIpc) is 2.17. The van der Waals surface area contributed by atoms with Crippen LogP contribution in [0.3, 0.4) is 0 Å². The van der Waals surface area contributed by atoms with Gasteiger partial charge in [-0.3, -0.25) is 0 Å². The van der Waals surface area contributed by atoms with E-state index in [1.165, 1.54) is 24.0 Å². The summed E-state index contributed by atoms with van der Waals surface area (Å²) < 4.78 is 0. The maximum atomic E-state index is 4.23. The fraction of sp³-hybridized carbons (Fsp3) is 0.538. The number of thiol groups is 1. The van der Waals surface area contributed by atoms with Gasteiger partial charge in [0.1, 0.15) is 0 Å². The zero-order valence-electron chi connectivity index (χ0n) is 9.16. The van der Waals surface area contributed by atoms with E-state index < -0.39 is 0 Å². The Morgan fingerprint density at radius 3 is 1.93 bits per heavy atom. The lowest BCUT2D eigenvalue weighted by Crippen LogP contribution is -1.93. The first-order chi connectivity index (χ1) is 6.72. The third kappa shape index (κ3) is 4.19. The molecule has 0 spiro atoms. The molecule has 0 bridgehead atoms. The van der Waals surface area contributed by atoms with E-state index >= 15 is 0 Å². The van der Waals surface area contributed by atoms with Crippen molar-refractivity contribution in [1.29, 1.82) is 0 Å². The molecule has 1 aromatic carbocycles. The Kier molecular flexibility index (Phi) is 5.10. The molecule has 0 fully saturated rings. The van der Waals surface area contributed by atoms with Crippen molar-refractivity contribution in [2.75, 3.05) is 5.75 Å². The molecule has 0 saturated heterocycles. The number of benzene rings is 1. The van der Waals surface area contributed by atoms with Gasteiger partial charge in [-0.05, 0) is 42.1 Å². The monoisotopic (exact) mass is 208 g/mol. The highest BCUT2D eigenvalue weighted by molar-refractivity contribution is 7.80. The van der Waals surface area contributed by atoms with Gasteiger partial charge < -0.3 is 0 Å². The molecule has 0 atom stereocenters. The zero-order chi connectivity index (χ0) is 10.4. The Morgan fingerprint density at radius 2 is 1.50 bits per heavy atom. The lowest BCUT2D eigenvalue weighted by Gasteiger charge is -2.05. The summed E-state index contributed by atoms with van der Waals surface area (Å²) in [6, 6.07) is 8.96. The summed E-state index contributed by atoms with van der Waals surface area (Å²) in [5.41, 5.74) is 2.86. The Balaban J connectivity index is 2.46. The van der Waals surface area contributed by atoms with Crippen molar-refractivity contribution in [2.24, 2.45) is 5.92 Å². The first-order valence-electron chi connectivity index (χ1n) is 5.41. The van der Waals surface area contributed by atoms with Crippen LogP contribution >= 0.6 is 12.6 Å². The summed E-state index contributed by atoms with van der Waals surface area (Å²) in [7, 11) is 0. The first-order valence-corrected chi connectivity index (χ1v) is 6.04. The fourth-order valence-corrected chi connectivity index (χ4v) is 1.72. The molecule has 0 heterocycles. The first kappa shape index (κ1) is 11.6. The van der Waals surface area contributed by atoms with Gasteiger partial charge in [0.25, 0.3) is 0 Å². The summed E-state index contributed by atoms with van der Waals surface area (Å²) in [5, 5.41) is 0. The van der Waals surface area contributed by atoms with E-state index in [1.807, 2.05) is 0 Å². The van der Waals surface area contributed by atoms with Crippen LogP contribution in [-0.4, -0.2) is 5.75 Å². The molecule has 0 N–H and O–H groups in total. The van der Waals surface area contributed by atoms with E-state index in [2.05, 4.69) is 50.7 Å². The van der Waals surface area contributed by atoms with Gasteiger partial charge in [-0.1, -0.05) is 38.1 Å². The van der Waals surface area contributed by atoms with Crippen molar-refractivity contribution < 1.29 is 0 Å². The topological polar surface area (TPSA) is 0 Å². The summed E-state index contributed by atoms with van der Waals surface area (Å²) in [6.07, 6.45) is 3.57. The normalized spacial score (nSPS) is 10.9. The van der Waals surface area contributed by atoms with Crippen LogP contribution in [0, 0.1) is 5.92 Å². The molecule has 0 aromatic heterocycles. The molecule has 1 heteroatoms. The van der Waals surface area contributed by atoms with E-state index in [1.54, 1.807) is 0 Å². The van der Waals surface area contributed by atoms with Gasteiger partial charge >= 0.3 is 0 Å². The van der Waals surface area contributed by atoms with E-state index in [-0.39, 0.29) is 0 Å². The number of hydrogen-bond donors (Lipinski definition) is 1. The summed E-state index contributed by atoms with van der Waals surface area (Å²) in [5.74, 6) is 1.73. The second kappa shape index (κ2) is 6.13. The van der Waals surface area contributed by atoms with Gasteiger partial charge in [0, 0.05) is 0 Å². The number of hydrogen-bond acceptors (Lipinski definition) is 1. The Hall–Kier alpha value is -0.430. The third-order valence-corrected chi connectivity index (χ3v) is 2.66. The van der Waals surface area contributed by atoms with Crippen molar-refractivity contribution >= 4 is 12.6 Å². The maximum Gasteiger partial charge on any atom is -0.00574 e. The van der Waals surface area contributed by atoms with Gasteiger partial charge in [-0.2, -0.15) is 12.6 Å². The Bertz CT molecular complexity index is 248. The minimum absolute atomic E-state index is 0.798. The van der Waals surface area contributed by atoms with Crippen LogP contribution in [0.2, 0.25) is 0 Å². The lowest BCUT2D eigenvalue weighted by atomic mass is 10.0. The molecule has 0 saturated carbocycles. The molecule has 0 amide bonds. The second-order valence-corrected chi connectivity index (χ2v) is 4.67. The van der Waals surface area contributed by atoms with Crippen LogP contribution in [0.15, 0.2) is 24.3 Å². The van der Waals surface area contributed by atoms with Gasteiger partial charge in [0.2, 0.25) is 0 Å². The minimum Gasteiger partial charge on any atom is -0.179 e. The fourth-order valence-electron chi connectivity index (χ4n) is 1.46. The molecule has 78 valence electrons. The zero-order valence-corrected chi connectivity index (χ0v) is 10.1. The molecule has 14 heavy (non-hydrogen) atoms. The molecule has 0 radical (unpaired) electrons. The molecule has 0 aliphatic rings. The van der Waals surface area contributed by atoms with E-state index in [4.69, 9.17) is 0 Å². The molecule has 0 aliphatic carbocycles. The minimum atomic E-state index is 0.798. The van der Waals surface area contributed by atoms with Crippen LogP contribution in [0.1, 0.15) is 31.4 Å². The van der Waals surface area contributed by atoms with Crippen molar-refractivity contribution in [3.05, 3.63) is 35.4 Å². The summed E-state index contributed by atoms with van der Waals surface area (Å²) >= 11 is 4.23. The van der Waals surface area contributed by atoms with Gasteiger partial charge in [-0.25, -0.2) is 0 Å². The number of rotatable bonds is 5. The van der Waals surface area contributed by atoms with Crippen LogP contribution in [0.5, 0.6) is 0 Å². The predicted molar refractivity (Wildman–Crippen MR) is 67.2 cm³/mol. The quantitative estimate of drug-likeness (QED) is 0.700. The molecule has 0 nitrogen and oxygen atoms in total. The van der Waals surface area contributed by atoms with Gasteiger partial charge in [-0.15, -0.1) is 0 Å². The predicted octanol–water partition coefficient (Wildman–Crippen LogP) is 3.75. The van der Waals surface area contributed by atoms with Crippen LogP contribution < -0.4 is 0 Å². The van der Waals surface area contributed by atoms with Crippen molar-refractivity contribution in [3.8, 4) is 0 Å². The van der Waals surface area contributed by atoms with Crippen LogP contribution in [0.25, 0.3) is 0 Å². The lowest BCUT2D eigenvalue weighted by molar-refractivity contribution is 0.586. The second-order valence-electron chi connectivity index (χ2n) is 4.22. The summed E-state index contributed by atoms with van der Waals surface area (Å²) in [6.45, 7) is 4.55. The van der Waals surface area contributed by atoms with E-state index in [0.29, 0.717) is 0 Å². The molecular formula is C13H20S. The maximum absolute atomic E-state index is 4.23. The highest BCUT2D eigenvalue weighted by Gasteiger charge is 1.97. The Morgan fingerprint density at radius 1 is 1.00 bits per heavy atom. The van der Waals surface area contributed by atoms with E-state index in [9.17, 15) is 0 Å². The Labute approximate surface area is 93.1 Å². The highest BCUT2D eigenvalue weighted by atomic mass is 32.1. The summed E-state index contributed by atoms with van der Waals surface area (Å²) in [4.78, 5) is 0. The van der Waals surface area contributed by atoms with Crippen molar-refractivity contribution in [1.82, 2.24) is 0 Å². The standard InChI is InChI=1S/C13H20S/c1-11(2)3-4-12-5-7-13(8-6-12)9-10-14/h5-8,11,14H,3-4,9-10H2,1-2H3. The third-order valence-electron chi connectivity index (χ3n) is 2.43. The molecule has 0 aliphatic heterocycles. The molecule has 1 rings (SSSR count). The largest absolute Gasteiger partial charge is 0.179 e. The highest BCUT2D eigenvalue weighted by Crippen LogP contribution is 2.11.